The van der Waals surface area contributed by atoms with Crippen LogP contribution in [-0.2, 0) is 0 Å². The van der Waals surface area contributed by atoms with Crippen molar-refractivity contribution in [1.29, 1.82) is 0 Å². The van der Waals surface area contributed by atoms with Crippen LogP contribution in [0.3, 0.4) is 0 Å². The number of azo groups is 1. The molecule has 0 spiro atoms. The molecule has 1 rings (SSSR count). The lowest BCUT2D eigenvalue weighted by molar-refractivity contribution is 0.531. The van der Waals surface area contributed by atoms with Crippen molar-refractivity contribution >= 4 is 0 Å². The van der Waals surface area contributed by atoms with Gasteiger partial charge < -0.3 is 0 Å². The van der Waals surface area contributed by atoms with Crippen molar-refractivity contribution in [3.63, 3.8) is 0 Å². The molecular formula is C13H20N2. The van der Waals surface area contributed by atoms with Crippen LogP contribution in [0, 0.1) is 0 Å². The molecule has 1 aromatic carbocycles. The van der Waals surface area contributed by atoms with E-state index in [4.69, 9.17) is 0 Å². The minimum Gasteiger partial charge on any atom is -0.193 e. The minimum absolute atomic E-state index is 0.0591. The summed E-state index contributed by atoms with van der Waals surface area (Å²) in [7, 11) is 0. The molecule has 0 aromatic heterocycles. The highest BCUT2D eigenvalue weighted by atomic mass is 15.1. The molecule has 0 saturated carbocycles. The summed E-state index contributed by atoms with van der Waals surface area (Å²) in [5, 5.41) is 8.49. The highest BCUT2D eigenvalue weighted by Crippen LogP contribution is 2.16. The molecule has 0 bridgehead atoms. The van der Waals surface area contributed by atoms with Crippen LogP contribution in [0.5, 0.6) is 0 Å². The third kappa shape index (κ3) is 4.73. The maximum Gasteiger partial charge on any atom is 0.0732 e. The Morgan fingerprint density at radius 1 is 1.13 bits per heavy atom. The number of hydrogen-bond acceptors (Lipinski definition) is 2. The van der Waals surface area contributed by atoms with E-state index < -0.39 is 0 Å². The molecule has 2 nitrogen and oxygen atoms in total. The predicted molar refractivity (Wildman–Crippen MR) is 64.3 cm³/mol. The monoisotopic (exact) mass is 204 g/mol. The van der Waals surface area contributed by atoms with Crippen molar-refractivity contribution in [3.8, 4) is 0 Å². The summed E-state index contributed by atoms with van der Waals surface area (Å²) in [5.41, 5.74) is 1.27. The second-order valence-electron chi connectivity index (χ2n) is 4.91. The van der Waals surface area contributed by atoms with Gasteiger partial charge in [-0.1, -0.05) is 37.3 Å². The first-order valence-corrected chi connectivity index (χ1v) is 5.42. The Balaban J connectivity index is 2.51. The molecule has 0 saturated heterocycles. The van der Waals surface area contributed by atoms with Gasteiger partial charge in [0.15, 0.2) is 0 Å². The van der Waals surface area contributed by atoms with E-state index in [-0.39, 0.29) is 5.54 Å². The third-order valence-electron chi connectivity index (χ3n) is 2.09. The van der Waals surface area contributed by atoms with Crippen LogP contribution in [-0.4, -0.2) is 12.1 Å². The van der Waals surface area contributed by atoms with Crippen molar-refractivity contribution in [1.82, 2.24) is 0 Å². The second-order valence-corrected chi connectivity index (χ2v) is 4.91. The first kappa shape index (κ1) is 11.9. The standard InChI is InChI=1S/C13H20N2/c1-11(10-14-15-13(2,3)4)12-8-6-5-7-9-12/h5-9,11H,10H2,1-4H3. The molecule has 0 aliphatic heterocycles. The van der Waals surface area contributed by atoms with Crippen LogP contribution < -0.4 is 0 Å². The van der Waals surface area contributed by atoms with Gasteiger partial charge in [-0.2, -0.15) is 10.2 Å². The lowest BCUT2D eigenvalue weighted by Crippen LogP contribution is -2.08. The lowest BCUT2D eigenvalue weighted by atomic mass is 10.0. The van der Waals surface area contributed by atoms with E-state index >= 15 is 0 Å². The fourth-order valence-corrected chi connectivity index (χ4v) is 1.26. The molecule has 1 aromatic rings. The fourth-order valence-electron chi connectivity index (χ4n) is 1.26. The SMILES string of the molecule is CC(CN=NC(C)(C)C)c1ccccc1. The van der Waals surface area contributed by atoms with Gasteiger partial charge >= 0.3 is 0 Å². The van der Waals surface area contributed by atoms with E-state index in [2.05, 4.69) is 62.2 Å². The molecule has 0 radical (unpaired) electrons. The van der Waals surface area contributed by atoms with Crippen LogP contribution in [0.4, 0.5) is 0 Å². The van der Waals surface area contributed by atoms with E-state index in [1.54, 1.807) is 0 Å². The average Bonchev–Trinajstić information content (AvgIpc) is 2.17. The van der Waals surface area contributed by atoms with E-state index in [0.29, 0.717) is 5.92 Å². The second kappa shape index (κ2) is 5.06. The van der Waals surface area contributed by atoms with Gasteiger partial charge in [0.1, 0.15) is 0 Å². The summed E-state index contributed by atoms with van der Waals surface area (Å²) in [6, 6.07) is 10.4. The Bertz CT molecular complexity index is 309. The van der Waals surface area contributed by atoms with Gasteiger partial charge in [-0.05, 0) is 26.3 Å². The zero-order valence-corrected chi connectivity index (χ0v) is 10.1. The van der Waals surface area contributed by atoms with E-state index in [1.165, 1.54) is 5.56 Å². The van der Waals surface area contributed by atoms with Gasteiger partial charge in [0, 0.05) is 5.92 Å². The minimum atomic E-state index is -0.0591. The molecule has 0 heterocycles. The molecule has 0 aliphatic rings. The topological polar surface area (TPSA) is 24.7 Å². The van der Waals surface area contributed by atoms with Gasteiger partial charge in [-0.3, -0.25) is 0 Å². The van der Waals surface area contributed by atoms with E-state index in [1.807, 2.05) is 6.07 Å². The first-order valence-electron chi connectivity index (χ1n) is 5.42. The van der Waals surface area contributed by atoms with Crippen LogP contribution in [0.25, 0.3) is 0 Å². The van der Waals surface area contributed by atoms with Crippen molar-refractivity contribution in [2.45, 2.75) is 39.2 Å². The van der Waals surface area contributed by atoms with Gasteiger partial charge in [-0.25, -0.2) is 0 Å². The van der Waals surface area contributed by atoms with Crippen LogP contribution in [0.15, 0.2) is 40.6 Å². The molecule has 82 valence electrons. The molecule has 1 atom stereocenters. The molecule has 2 heteroatoms. The molecule has 1 unspecified atom stereocenters. The number of benzene rings is 1. The smallest absolute Gasteiger partial charge is 0.0732 e. The van der Waals surface area contributed by atoms with Gasteiger partial charge in [-0.15, -0.1) is 0 Å². The summed E-state index contributed by atoms with van der Waals surface area (Å²) in [5.74, 6) is 0.442. The van der Waals surface area contributed by atoms with Crippen LogP contribution in [0.1, 0.15) is 39.2 Å². The van der Waals surface area contributed by atoms with Crippen molar-refractivity contribution in [2.75, 3.05) is 6.54 Å². The number of hydrogen-bond donors (Lipinski definition) is 0. The number of rotatable bonds is 3. The Labute approximate surface area is 92.4 Å². The van der Waals surface area contributed by atoms with Gasteiger partial charge in [0.05, 0.1) is 12.1 Å². The van der Waals surface area contributed by atoms with Crippen molar-refractivity contribution < 1.29 is 0 Å². The fraction of sp³-hybridized carbons (Fsp3) is 0.538. The molecule has 15 heavy (non-hydrogen) atoms. The Morgan fingerprint density at radius 3 is 2.27 bits per heavy atom. The van der Waals surface area contributed by atoms with Gasteiger partial charge in [0.2, 0.25) is 0 Å². The van der Waals surface area contributed by atoms with E-state index in [9.17, 15) is 0 Å². The molecular weight excluding hydrogens is 184 g/mol. The Hall–Kier alpha value is -1.18. The zero-order valence-electron chi connectivity index (χ0n) is 10.1. The summed E-state index contributed by atoms with van der Waals surface area (Å²) in [6.07, 6.45) is 0. The molecule has 0 N–H and O–H groups in total. The summed E-state index contributed by atoms with van der Waals surface area (Å²) in [4.78, 5) is 0. The highest BCUT2D eigenvalue weighted by Gasteiger charge is 2.07. The zero-order chi connectivity index (χ0) is 11.3. The average molecular weight is 204 g/mol. The predicted octanol–water partition coefficient (Wildman–Crippen LogP) is 4.04. The maximum absolute atomic E-state index is 4.25. The third-order valence-corrected chi connectivity index (χ3v) is 2.09. The number of nitrogens with zero attached hydrogens (tertiary/aromatic N) is 2. The Kier molecular flexibility index (Phi) is 4.01. The lowest BCUT2D eigenvalue weighted by Gasteiger charge is -2.11. The van der Waals surface area contributed by atoms with Crippen LogP contribution in [0.2, 0.25) is 0 Å². The molecule has 0 aliphatic carbocycles. The quantitative estimate of drug-likeness (QED) is 0.664. The highest BCUT2D eigenvalue weighted by molar-refractivity contribution is 5.18. The Morgan fingerprint density at radius 2 is 1.73 bits per heavy atom. The van der Waals surface area contributed by atoms with Crippen LogP contribution >= 0.6 is 0 Å². The molecule has 0 fully saturated rings. The van der Waals surface area contributed by atoms with E-state index in [0.717, 1.165) is 6.54 Å². The summed E-state index contributed by atoms with van der Waals surface area (Å²) in [6.45, 7) is 9.12. The molecule has 0 amide bonds. The van der Waals surface area contributed by atoms with Crippen molar-refractivity contribution in [2.24, 2.45) is 10.2 Å². The van der Waals surface area contributed by atoms with Gasteiger partial charge in [0.25, 0.3) is 0 Å². The van der Waals surface area contributed by atoms with Crippen molar-refractivity contribution in [3.05, 3.63) is 35.9 Å². The normalized spacial score (nSPS) is 14.4. The summed E-state index contributed by atoms with van der Waals surface area (Å²) >= 11 is 0. The summed E-state index contributed by atoms with van der Waals surface area (Å²) < 4.78 is 0. The maximum atomic E-state index is 4.25. The largest absolute Gasteiger partial charge is 0.193 e. The first-order chi connectivity index (χ1) is 6.99.